The van der Waals surface area contributed by atoms with Gasteiger partial charge in [0, 0.05) is 22.4 Å². The Morgan fingerprint density at radius 2 is 1.88 bits per heavy atom. The number of thiophene rings is 1. The minimum atomic E-state index is 0.229. The molecule has 0 spiro atoms. The predicted molar refractivity (Wildman–Crippen MR) is 137 cm³/mol. The standard InChI is InChI=1S/C25H30N6OS2/c1-5-19(30(2)3)22-28-29-25(31(22)16-11-13-17(32-4)14-12-16)34-24-21-18-9-7-6-8-10-20(18)33-23(21)26-15-27-24/h11-15,19H,5-10H2,1-4H3/p+1/t19-/m0/s1. The van der Waals surface area contributed by atoms with Gasteiger partial charge in [0.25, 0.3) is 0 Å². The van der Waals surface area contributed by atoms with E-state index < -0.39 is 0 Å². The van der Waals surface area contributed by atoms with Crippen LogP contribution in [0, 0.1) is 0 Å². The Hall–Kier alpha value is -2.49. The fourth-order valence-corrected chi connectivity index (χ4v) is 7.06. The lowest BCUT2D eigenvalue weighted by Crippen LogP contribution is -3.06. The van der Waals surface area contributed by atoms with E-state index in [2.05, 4.69) is 47.8 Å². The van der Waals surface area contributed by atoms with Crippen LogP contribution >= 0.6 is 23.1 Å². The predicted octanol–water partition coefficient (Wildman–Crippen LogP) is 4.30. The quantitative estimate of drug-likeness (QED) is 0.305. The summed E-state index contributed by atoms with van der Waals surface area (Å²) in [5.74, 6) is 1.79. The van der Waals surface area contributed by atoms with E-state index in [9.17, 15) is 0 Å². The third-order valence-electron chi connectivity index (χ3n) is 6.56. The fraction of sp³-hybridized carbons (Fsp3) is 0.440. The molecule has 1 N–H and O–H groups in total. The first-order valence-corrected chi connectivity index (χ1v) is 13.6. The number of aryl methyl sites for hydroxylation is 2. The van der Waals surface area contributed by atoms with Crippen molar-refractivity contribution < 1.29 is 9.64 Å². The molecule has 0 saturated heterocycles. The molecule has 0 aliphatic heterocycles. The van der Waals surface area contributed by atoms with Crippen molar-refractivity contribution in [3.63, 3.8) is 0 Å². The molecule has 3 aromatic heterocycles. The number of quaternary nitrogens is 1. The molecule has 178 valence electrons. The molecule has 0 amide bonds. The van der Waals surface area contributed by atoms with Crippen molar-refractivity contribution >= 4 is 33.3 Å². The summed E-state index contributed by atoms with van der Waals surface area (Å²) in [5.41, 5.74) is 2.47. The average molecular weight is 496 g/mol. The maximum Gasteiger partial charge on any atom is 0.202 e. The van der Waals surface area contributed by atoms with Crippen LogP contribution < -0.4 is 9.64 Å². The van der Waals surface area contributed by atoms with Crippen molar-refractivity contribution in [2.24, 2.45) is 0 Å². The van der Waals surface area contributed by atoms with Gasteiger partial charge in [0.1, 0.15) is 28.0 Å². The molecule has 0 bridgehead atoms. The van der Waals surface area contributed by atoms with Gasteiger partial charge in [0.2, 0.25) is 5.16 Å². The van der Waals surface area contributed by atoms with Gasteiger partial charge < -0.3 is 9.64 Å². The van der Waals surface area contributed by atoms with Gasteiger partial charge in [-0.3, -0.25) is 4.57 Å². The summed E-state index contributed by atoms with van der Waals surface area (Å²) in [6, 6.07) is 8.34. The summed E-state index contributed by atoms with van der Waals surface area (Å²) in [5, 5.41) is 12.4. The number of rotatable bonds is 7. The third-order valence-corrected chi connectivity index (χ3v) is 8.71. The molecule has 0 saturated carbocycles. The van der Waals surface area contributed by atoms with Crippen LogP contribution in [0.1, 0.15) is 54.9 Å². The maximum absolute atomic E-state index is 5.39. The first kappa shape index (κ1) is 23.3. The van der Waals surface area contributed by atoms with Gasteiger partial charge in [0.15, 0.2) is 5.82 Å². The minimum absolute atomic E-state index is 0.229. The van der Waals surface area contributed by atoms with Gasteiger partial charge in [-0.25, -0.2) is 9.97 Å². The molecular weight excluding hydrogens is 464 g/mol. The molecule has 1 aromatic carbocycles. The molecule has 3 heterocycles. The van der Waals surface area contributed by atoms with E-state index in [1.807, 2.05) is 23.5 Å². The molecule has 7 nitrogen and oxygen atoms in total. The molecule has 1 atom stereocenters. The number of nitrogens with one attached hydrogen (secondary N) is 1. The summed E-state index contributed by atoms with van der Waals surface area (Å²) >= 11 is 3.43. The van der Waals surface area contributed by atoms with Crippen LogP contribution in [0.25, 0.3) is 15.9 Å². The number of hydrogen-bond donors (Lipinski definition) is 1. The lowest BCUT2D eigenvalue weighted by molar-refractivity contribution is -0.893. The average Bonchev–Trinajstić information content (AvgIpc) is 3.33. The molecule has 1 aliphatic carbocycles. The second kappa shape index (κ2) is 10.0. The van der Waals surface area contributed by atoms with Crippen LogP contribution in [-0.2, 0) is 12.8 Å². The number of methoxy groups -OCH3 is 1. The molecule has 0 radical (unpaired) electrons. The van der Waals surface area contributed by atoms with Crippen molar-refractivity contribution in [3.05, 3.63) is 46.9 Å². The van der Waals surface area contributed by atoms with Crippen LogP contribution in [0.2, 0.25) is 0 Å². The van der Waals surface area contributed by atoms with E-state index in [-0.39, 0.29) is 6.04 Å². The zero-order chi connectivity index (χ0) is 23.7. The monoisotopic (exact) mass is 495 g/mol. The van der Waals surface area contributed by atoms with Gasteiger partial charge in [-0.1, -0.05) is 13.3 Å². The largest absolute Gasteiger partial charge is 0.497 e. The van der Waals surface area contributed by atoms with Gasteiger partial charge in [-0.2, -0.15) is 0 Å². The summed E-state index contributed by atoms with van der Waals surface area (Å²) < 4.78 is 7.57. The number of aromatic nitrogens is 5. The highest BCUT2D eigenvalue weighted by Gasteiger charge is 2.27. The number of nitrogens with zero attached hydrogens (tertiary/aromatic N) is 5. The van der Waals surface area contributed by atoms with E-state index in [4.69, 9.17) is 14.8 Å². The van der Waals surface area contributed by atoms with E-state index in [1.165, 1.54) is 40.0 Å². The second-order valence-corrected chi connectivity index (χ2v) is 11.0. The Morgan fingerprint density at radius 3 is 2.62 bits per heavy atom. The Kier molecular flexibility index (Phi) is 6.85. The SMILES string of the molecule is CC[C@@H](c1nnc(Sc2ncnc3sc4c(c23)CCCCC4)n1-c1ccc(OC)cc1)[NH+](C)C. The molecular formula is C25H31N6OS2+. The smallest absolute Gasteiger partial charge is 0.202 e. The Balaban J connectivity index is 1.63. The molecule has 0 fully saturated rings. The maximum atomic E-state index is 5.39. The lowest BCUT2D eigenvalue weighted by Gasteiger charge is -2.20. The van der Waals surface area contributed by atoms with E-state index in [1.54, 1.807) is 25.2 Å². The van der Waals surface area contributed by atoms with Crippen LogP contribution in [0.15, 0.2) is 40.8 Å². The van der Waals surface area contributed by atoms with Gasteiger partial charge in [0.05, 0.1) is 21.2 Å². The minimum Gasteiger partial charge on any atom is -0.497 e. The van der Waals surface area contributed by atoms with Crippen molar-refractivity contribution in [1.29, 1.82) is 0 Å². The normalized spacial score (nSPS) is 14.9. The van der Waals surface area contributed by atoms with Gasteiger partial charge >= 0.3 is 0 Å². The molecule has 0 unspecified atom stereocenters. The highest BCUT2D eigenvalue weighted by Crippen LogP contribution is 2.41. The molecule has 1 aliphatic rings. The highest BCUT2D eigenvalue weighted by atomic mass is 32.2. The first-order valence-electron chi connectivity index (χ1n) is 11.9. The number of fused-ring (bicyclic) bond motifs is 3. The second-order valence-electron chi connectivity index (χ2n) is 8.94. The topological polar surface area (TPSA) is 70.2 Å². The van der Waals surface area contributed by atoms with Crippen molar-refractivity contribution in [2.75, 3.05) is 21.2 Å². The van der Waals surface area contributed by atoms with Crippen LogP contribution in [0.4, 0.5) is 0 Å². The number of hydrogen-bond acceptors (Lipinski definition) is 7. The lowest BCUT2D eigenvalue weighted by atomic mass is 10.1. The van der Waals surface area contributed by atoms with E-state index in [0.717, 1.165) is 51.5 Å². The Morgan fingerprint density at radius 1 is 1.09 bits per heavy atom. The zero-order valence-electron chi connectivity index (χ0n) is 20.2. The third kappa shape index (κ3) is 4.32. The van der Waals surface area contributed by atoms with Crippen LogP contribution in [0.3, 0.4) is 0 Å². The van der Waals surface area contributed by atoms with Crippen molar-refractivity contribution in [3.8, 4) is 11.4 Å². The Bertz CT molecular complexity index is 1280. The summed E-state index contributed by atoms with van der Waals surface area (Å²) in [4.78, 5) is 13.3. The molecule has 34 heavy (non-hydrogen) atoms. The summed E-state index contributed by atoms with van der Waals surface area (Å²) in [7, 11) is 6.03. The van der Waals surface area contributed by atoms with Crippen molar-refractivity contribution in [2.45, 2.75) is 61.7 Å². The van der Waals surface area contributed by atoms with E-state index in [0.29, 0.717) is 0 Å². The number of ether oxygens (including phenoxy) is 1. The first-order chi connectivity index (χ1) is 16.6. The summed E-state index contributed by atoms with van der Waals surface area (Å²) in [6.07, 6.45) is 8.69. The van der Waals surface area contributed by atoms with Crippen LogP contribution in [0.5, 0.6) is 5.75 Å². The number of benzene rings is 1. The van der Waals surface area contributed by atoms with Crippen molar-refractivity contribution in [1.82, 2.24) is 24.7 Å². The highest BCUT2D eigenvalue weighted by molar-refractivity contribution is 7.99. The van der Waals surface area contributed by atoms with Gasteiger partial charge in [-0.05, 0) is 67.3 Å². The van der Waals surface area contributed by atoms with Gasteiger partial charge in [-0.15, -0.1) is 21.5 Å². The molecule has 5 rings (SSSR count). The van der Waals surface area contributed by atoms with Crippen LogP contribution in [-0.4, -0.2) is 45.9 Å². The van der Waals surface area contributed by atoms with E-state index >= 15 is 0 Å². The molecule has 4 aromatic rings. The zero-order valence-corrected chi connectivity index (χ0v) is 21.8. The fourth-order valence-electron chi connectivity index (χ4n) is 4.80. The molecule has 9 heteroatoms. The summed E-state index contributed by atoms with van der Waals surface area (Å²) in [6.45, 7) is 2.20. The Labute approximate surface area is 208 Å².